The molecule has 2 amide bonds. The maximum atomic E-state index is 11.9. The molecule has 0 fully saturated rings. The number of amides is 2. The largest absolute Gasteiger partial charge is 0.347 e. The zero-order valence-electron chi connectivity index (χ0n) is 14.2. The van der Waals surface area contributed by atoms with Gasteiger partial charge in [-0.25, -0.2) is 13.6 Å². The molecule has 0 aromatic heterocycles. The van der Waals surface area contributed by atoms with E-state index in [0.717, 1.165) is 11.6 Å². The molecule has 0 aliphatic heterocycles. The maximum Gasteiger partial charge on any atom is 0.313 e. The number of rotatable bonds is 6. The zero-order valence-corrected chi connectivity index (χ0v) is 15.8. The third-order valence-electron chi connectivity index (χ3n) is 3.57. The van der Waals surface area contributed by atoms with E-state index in [1.54, 1.807) is 0 Å². The lowest BCUT2D eigenvalue weighted by Gasteiger charge is -2.08. The molecule has 4 N–H and O–H groups in total. The number of anilines is 1. The predicted octanol–water partition coefficient (Wildman–Crippen LogP) is 1.19. The Hall–Kier alpha value is -3.02. The first-order chi connectivity index (χ1) is 13.1. The van der Waals surface area contributed by atoms with Gasteiger partial charge in [-0.1, -0.05) is 23.7 Å². The van der Waals surface area contributed by atoms with Crippen LogP contribution in [-0.2, 0) is 26.0 Å². The van der Waals surface area contributed by atoms with Crippen molar-refractivity contribution >= 4 is 44.8 Å². The summed E-state index contributed by atoms with van der Waals surface area (Å²) < 4.78 is 22.4. The van der Waals surface area contributed by atoms with E-state index in [-0.39, 0.29) is 27.8 Å². The highest BCUT2D eigenvalue weighted by Gasteiger charge is 2.17. The lowest BCUT2D eigenvalue weighted by Crippen LogP contribution is -2.36. The van der Waals surface area contributed by atoms with Gasteiger partial charge in [-0.15, -0.1) is 0 Å². The Morgan fingerprint density at radius 2 is 1.75 bits per heavy atom. The molecule has 0 radical (unpaired) electrons. The summed E-state index contributed by atoms with van der Waals surface area (Å²) in [5, 5.41) is 20.4. The first kappa shape index (κ1) is 21.3. The number of carbonyl (C=O) groups excluding carboxylic acids is 2. The topological polar surface area (TPSA) is 162 Å². The number of benzene rings is 2. The summed E-state index contributed by atoms with van der Waals surface area (Å²) in [5.74, 6) is -1.99. The molecule has 2 aromatic carbocycles. The van der Waals surface area contributed by atoms with E-state index < -0.39 is 26.8 Å². The first-order valence-corrected chi connectivity index (χ1v) is 9.65. The fourth-order valence-corrected chi connectivity index (χ4v) is 2.83. The molecule has 28 heavy (non-hydrogen) atoms. The second kappa shape index (κ2) is 8.78. The number of halogens is 1. The van der Waals surface area contributed by atoms with Crippen LogP contribution in [0.2, 0.25) is 5.02 Å². The highest BCUT2D eigenvalue weighted by molar-refractivity contribution is 7.89. The molecule has 0 unspecified atom stereocenters. The predicted molar refractivity (Wildman–Crippen MR) is 101 cm³/mol. The third kappa shape index (κ3) is 5.74. The van der Waals surface area contributed by atoms with Crippen molar-refractivity contribution in [3.8, 4) is 0 Å². The summed E-state index contributed by atoms with van der Waals surface area (Å²) in [4.78, 5) is 33.8. The van der Waals surface area contributed by atoms with Crippen LogP contribution in [0.15, 0.2) is 47.4 Å². The fourth-order valence-electron chi connectivity index (χ4n) is 2.15. The van der Waals surface area contributed by atoms with Crippen LogP contribution in [0.25, 0.3) is 0 Å². The molecule has 0 spiro atoms. The van der Waals surface area contributed by atoms with Crippen LogP contribution in [0.5, 0.6) is 0 Å². The molecule has 10 nitrogen and oxygen atoms in total. The Morgan fingerprint density at radius 3 is 2.32 bits per heavy atom. The number of carbonyl (C=O) groups is 2. The SMILES string of the molecule is NS(=O)(=O)c1ccc(CCNC(=O)C(=O)Nc2cc([N+](=O)[O-])ccc2Cl)cc1. The number of hydrogen-bond acceptors (Lipinski definition) is 6. The van der Waals surface area contributed by atoms with Gasteiger partial charge in [0.2, 0.25) is 10.0 Å². The van der Waals surface area contributed by atoms with Gasteiger partial charge >= 0.3 is 11.8 Å². The molecule has 0 heterocycles. The summed E-state index contributed by atoms with van der Waals surface area (Å²) in [6, 6.07) is 9.19. The number of hydrogen-bond donors (Lipinski definition) is 3. The van der Waals surface area contributed by atoms with E-state index in [1.807, 2.05) is 0 Å². The van der Waals surface area contributed by atoms with Crippen molar-refractivity contribution in [2.24, 2.45) is 5.14 Å². The number of nitrogens with two attached hydrogens (primary N) is 1. The normalized spacial score (nSPS) is 10.9. The number of nitro benzene ring substituents is 1. The Balaban J connectivity index is 1.90. The molecule has 12 heteroatoms. The summed E-state index contributed by atoms with van der Waals surface area (Å²) in [6.07, 6.45) is 0.335. The standard InChI is InChI=1S/C16H15ClN4O6S/c17-13-6-3-11(21(24)25)9-14(13)20-16(23)15(22)19-8-7-10-1-4-12(5-2-10)28(18,26)27/h1-6,9H,7-8H2,(H,19,22)(H,20,23)(H2,18,26,27). The van der Waals surface area contributed by atoms with Crippen molar-refractivity contribution in [1.29, 1.82) is 0 Å². The number of nitrogens with zero attached hydrogens (tertiary/aromatic N) is 1. The van der Waals surface area contributed by atoms with Crippen LogP contribution in [0.4, 0.5) is 11.4 Å². The third-order valence-corrected chi connectivity index (χ3v) is 4.83. The number of sulfonamides is 1. The zero-order chi connectivity index (χ0) is 20.9. The van der Waals surface area contributed by atoms with Crippen LogP contribution in [0, 0.1) is 10.1 Å². The smallest absolute Gasteiger partial charge is 0.313 e. The Labute approximate surface area is 164 Å². The molecular weight excluding hydrogens is 412 g/mol. The number of nitro groups is 1. The van der Waals surface area contributed by atoms with Crippen LogP contribution in [0.1, 0.15) is 5.56 Å². The van der Waals surface area contributed by atoms with Crippen molar-refractivity contribution < 1.29 is 22.9 Å². The molecule has 2 rings (SSSR count). The monoisotopic (exact) mass is 426 g/mol. The average Bonchev–Trinajstić information content (AvgIpc) is 2.62. The summed E-state index contributed by atoms with van der Waals surface area (Å²) in [7, 11) is -3.78. The number of primary sulfonamides is 1. The molecule has 0 aliphatic rings. The van der Waals surface area contributed by atoms with E-state index in [1.165, 1.54) is 36.4 Å². The van der Waals surface area contributed by atoms with Gasteiger partial charge < -0.3 is 10.6 Å². The van der Waals surface area contributed by atoms with Gasteiger partial charge in [0.05, 0.1) is 20.5 Å². The molecule has 0 aliphatic carbocycles. The second-order valence-electron chi connectivity index (χ2n) is 5.57. The molecule has 0 saturated carbocycles. The fraction of sp³-hybridized carbons (Fsp3) is 0.125. The van der Waals surface area contributed by atoms with Crippen molar-refractivity contribution in [2.75, 3.05) is 11.9 Å². The molecule has 2 aromatic rings. The number of non-ortho nitro benzene ring substituents is 1. The summed E-state index contributed by atoms with van der Waals surface area (Å²) in [6.45, 7) is 0.101. The van der Waals surface area contributed by atoms with Gasteiger partial charge in [0.25, 0.3) is 5.69 Å². The summed E-state index contributed by atoms with van der Waals surface area (Å²) in [5.41, 5.74) is 0.368. The minimum atomic E-state index is -3.78. The van der Waals surface area contributed by atoms with E-state index in [9.17, 15) is 28.1 Å². The molecular formula is C16H15ClN4O6S. The molecule has 0 atom stereocenters. The van der Waals surface area contributed by atoms with E-state index >= 15 is 0 Å². The van der Waals surface area contributed by atoms with Gasteiger partial charge in [-0.2, -0.15) is 0 Å². The van der Waals surface area contributed by atoms with Crippen LogP contribution in [-0.4, -0.2) is 31.7 Å². The highest BCUT2D eigenvalue weighted by atomic mass is 35.5. The average molecular weight is 427 g/mol. The van der Waals surface area contributed by atoms with E-state index in [4.69, 9.17) is 16.7 Å². The Bertz CT molecular complexity index is 1020. The Kier molecular flexibility index (Phi) is 6.67. The van der Waals surface area contributed by atoms with Crippen molar-refractivity contribution in [3.63, 3.8) is 0 Å². The first-order valence-electron chi connectivity index (χ1n) is 7.73. The lowest BCUT2D eigenvalue weighted by atomic mass is 10.1. The van der Waals surface area contributed by atoms with Crippen LogP contribution < -0.4 is 15.8 Å². The van der Waals surface area contributed by atoms with E-state index in [0.29, 0.717) is 6.42 Å². The quantitative estimate of drug-likeness (QED) is 0.357. The van der Waals surface area contributed by atoms with Gasteiger partial charge in [-0.05, 0) is 30.2 Å². The van der Waals surface area contributed by atoms with Crippen molar-refractivity contribution in [2.45, 2.75) is 11.3 Å². The highest BCUT2D eigenvalue weighted by Crippen LogP contribution is 2.26. The Morgan fingerprint density at radius 1 is 1.11 bits per heavy atom. The van der Waals surface area contributed by atoms with Gasteiger partial charge in [0.15, 0.2) is 0 Å². The van der Waals surface area contributed by atoms with Crippen LogP contribution in [0.3, 0.4) is 0 Å². The minimum Gasteiger partial charge on any atom is -0.347 e. The van der Waals surface area contributed by atoms with Gasteiger partial charge in [0.1, 0.15) is 0 Å². The van der Waals surface area contributed by atoms with Gasteiger partial charge in [-0.3, -0.25) is 19.7 Å². The molecule has 0 saturated heterocycles. The van der Waals surface area contributed by atoms with Crippen molar-refractivity contribution in [3.05, 3.63) is 63.2 Å². The molecule has 148 valence electrons. The second-order valence-corrected chi connectivity index (χ2v) is 7.54. The van der Waals surface area contributed by atoms with Crippen LogP contribution >= 0.6 is 11.6 Å². The molecule has 0 bridgehead atoms. The number of nitrogens with one attached hydrogen (secondary N) is 2. The lowest BCUT2D eigenvalue weighted by molar-refractivity contribution is -0.384. The minimum absolute atomic E-state index is 0.0338. The van der Waals surface area contributed by atoms with Crippen molar-refractivity contribution in [1.82, 2.24) is 5.32 Å². The summed E-state index contributed by atoms with van der Waals surface area (Å²) >= 11 is 5.86. The van der Waals surface area contributed by atoms with E-state index in [2.05, 4.69) is 10.6 Å². The van der Waals surface area contributed by atoms with Gasteiger partial charge in [0, 0.05) is 18.7 Å². The maximum absolute atomic E-state index is 11.9.